The second-order valence-corrected chi connectivity index (χ2v) is 7.27. The van der Waals surface area contributed by atoms with Crippen LogP contribution in [0.25, 0.3) is 0 Å². The van der Waals surface area contributed by atoms with Crippen LogP contribution < -0.4 is 0 Å². The minimum atomic E-state index is 0.146. The van der Waals surface area contributed by atoms with E-state index in [1.54, 1.807) is 0 Å². The lowest BCUT2D eigenvalue weighted by Gasteiger charge is -2.15. The van der Waals surface area contributed by atoms with Crippen LogP contribution in [0, 0.1) is 12.0 Å². The van der Waals surface area contributed by atoms with Crippen molar-refractivity contribution in [3.63, 3.8) is 0 Å². The van der Waals surface area contributed by atoms with Crippen LogP contribution in [0.1, 0.15) is 78.9 Å². The number of carbonyl (C=O) groups is 1. The lowest BCUT2D eigenvalue weighted by atomic mass is 9.88. The summed E-state index contributed by atoms with van der Waals surface area (Å²) in [6.45, 7) is 8.64. The summed E-state index contributed by atoms with van der Waals surface area (Å²) >= 11 is 0. The normalized spacial score (nSPS) is 20.1. The average molecular weight is 305 g/mol. The van der Waals surface area contributed by atoms with Gasteiger partial charge in [0.1, 0.15) is 0 Å². The minimum Gasteiger partial charge on any atom is -0.294 e. The van der Waals surface area contributed by atoms with Crippen LogP contribution in [-0.4, -0.2) is 5.78 Å². The molecule has 1 saturated carbocycles. The quantitative estimate of drug-likeness (QED) is 0.646. The summed E-state index contributed by atoms with van der Waals surface area (Å²) in [6, 6.07) is 18.0. The molecule has 2 aromatic carbocycles. The molecule has 1 heteroatoms. The molecular weight excluding hydrogens is 280 g/mol. The first-order valence-corrected chi connectivity index (χ1v) is 8.64. The second-order valence-electron chi connectivity index (χ2n) is 7.27. The van der Waals surface area contributed by atoms with E-state index in [9.17, 15) is 4.79 Å². The molecule has 23 heavy (non-hydrogen) atoms. The number of hydrogen-bond acceptors (Lipinski definition) is 1. The summed E-state index contributed by atoms with van der Waals surface area (Å²) < 4.78 is 0. The van der Waals surface area contributed by atoms with Crippen molar-refractivity contribution in [1.82, 2.24) is 0 Å². The molecule has 1 nitrogen and oxygen atoms in total. The van der Waals surface area contributed by atoms with E-state index in [2.05, 4.69) is 64.1 Å². The monoisotopic (exact) mass is 305 g/mol. The Balaban J connectivity index is 1.86. The van der Waals surface area contributed by atoms with Crippen LogP contribution in [0.15, 0.2) is 42.5 Å². The van der Waals surface area contributed by atoms with Crippen molar-refractivity contribution in [2.24, 2.45) is 5.92 Å². The van der Waals surface area contributed by atoms with Gasteiger partial charge >= 0.3 is 0 Å². The van der Waals surface area contributed by atoms with E-state index < -0.39 is 0 Å². The van der Waals surface area contributed by atoms with E-state index in [1.807, 2.05) is 12.1 Å². The summed E-state index contributed by atoms with van der Waals surface area (Å²) in [5.41, 5.74) is 4.45. The van der Waals surface area contributed by atoms with Crippen molar-refractivity contribution >= 4 is 5.78 Å². The Morgan fingerprint density at radius 3 is 2.30 bits per heavy atom. The van der Waals surface area contributed by atoms with Gasteiger partial charge in [-0.05, 0) is 46.9 Å². The molecule has 0 unspecified atom stereocenters. The number of ketones is 1. The summed E-state index contributed by atoms with van der Waals surface area (Å²) in [5, 5.41) is 0. The third-order valence-electron chi connectivity index (χ3n) is 4.82. The van der Waals surface area contributed by atoms with Gasteiger partial charge in [0.2, 0.25) is 0 Å². The van der Waals surface area contributed by atoms with Gasteiger partial charge in [-0.3, -0.25) is 4.79 Å². The summed E-state index contributed by atoms with van der Waals surface area (Å²) in [6.07, 6.45) is 0.978. The van der Waals surface area contributed by atoms with Crippen molar-refractivity contribution in [3.8, 4) is 0 Å². The molecule has 0 amide bonds. The van der Waals surface area contributed by atoms with Gasteiger partial charge in [-0.25, -0.2) is 0 Å². The first-order chi connectivity index (χ1) is 11.0. The SMILES string of the molecule is CC(C)c1[c]c(C(C)C)c(C(=O)[C@@H]2C[C@H]2c2ccccc2)cc1. The minimum absolute atomic E-state index is 0.146. The maximum Gasteiger partial charge on any atom is 0.166 e. The zero-order valence-electron chi connectivity index (χ0n) is 14.5. The number of hydrogen-bond donors (Lipinski definition) is 0. The van der Waals surface area contributed by atoms with E-state index in [-0.39, 0.29) is 5.92 Å². The fraction of sp³-hybridized carbons (Fsp3) is 0.409. The Morgan fingerprint density at radius 2 is 1.70 bits per heavy atom. The molecule has 0 N–H and O–H groups in total. The number of rotatable bonds is 5. The molecular formula is C22H25O. The van der Waals surface area contributed by atoms with Gasteiger partial charge < -0.3 is 0 Å². The lowest BCUT2D eigenvalue weighted by Crippen LogP contribution is -2.09. The Labute approximate surface area is 139 Å². The van der Waals surface area contributed by atoms with Gasteiger partial charge in [0.25, 0.3) is 0 Å². The summed E-state index contributed by atoms with van der Waals surface area (Å²) in [4.78, 5) is 13.0. The number of benzene rings is 2. The maximum absolute atomic E-state index is 13.0. The molecule has 0 bridgehead atoms. The smallest absolute Gasteiger partial charge is 0.166 e. The molecule has 0 saturated heterocycles. The molecule has 0 aromatic heterocycles. The van der Waals surface area contributed by atoms with E-state index in [4.69, 9.17) is 0 Å². The van der Waals surface area contributed by atoms with Gasteiger partial charge in [0, 0.05) is 11.5 Å². The highest BCUT2D eigenvalue weighted by atomic mass is 16.1. The molecule has 1 fully saturated rings. The predicted octanol–water partition coefficient (Wildman–Crippen LogP) is 5.72. The van der Waals surface area contributed by atoms with Crippen LogP contribution >= 0.6 is 0 Å². The largest absolute Gasteiger partial charge is 0.294 e. The van der Waals surface area contributed by atoms with E-state index in [1.165, 1.54) is 11.1 Å². The van der Waals surface area contributed by atoms with Crippen molar-refractivity contribution < 1.29 is 4.79 Å². The Bertz CT molecular complexity index is 697. The van der Waals surface area contributed by atoms with Crippen molar-refractivity contribution in [2.45, 2.75) is 51.9 Å². The Hall–Kier alpha value is -1.89. The van der Waals surface area contributed by atoms with Crippen LogP contribution in [-0.2, 0) is 0 Å². The van der Waals surface area contributed by atoms with Crippen molar-refractivity contribution in [2.75, 3.05) is 0 Å². The predicted molar refractivity (Wildman–Crippen MR) is 95.1 cm³/mol. The first kappa shape index (κ1) is 16.0. The fourth-order valence-electron chi connectivity index (χ4n) is 3.29. The van der Waals surface area contributed by atoms with Gasteiger partial charge in [0.15, 0.2) is 5.78 Å². The van der Waals surface area contributed by atoms with Crippen molar-refractivity contribution in [1.29, 1.82) is 0 Å². The molecule has 1 aliphatic rings. The molecule has 2 aromatic rings. The van der Waals surface area contributed by atoms with Crippen molar-refractivity contribution in [3.05, 3.63) is 70.8 Å². The highest BCUT2D eigenvalue weighted by Crippen LogP contribution is 2.49. The number of carbonyl (C=O) groups excluding carboxylic acids is 1. The van der Waals surface area contributed by atoms with Gasteiger partial charge in [-0.2, -0.15) is 0 Å². The zero-order chi connectivity index (χ0) is 16.6. The Kier molecular flexibility index (Phi) is 4.39. The molecule has 1 aliphatic carbocycles. The van der Waals surface area contributed by atoms with E-state index in [0.717, 1.165) is 17.5 Å². The highest BCUT2D eigenvalue weighted by Gasteiger charge is 2.44. The average Bonchev–Trinajstić information content (AvgIpc) is 3.35. The van der Waals surface area contributed by atoms with Crippen LogP contribution in [0.4, 0.5) is 0 Å². The summed E-state index contributed by atoms with van der Waals surface area (Å²) in [7, 11) is 0. The summed E-state index contributed by atoms with van der Waals surface area (Å²) in [5.74, 6) is 1.60. The van der Waals surface area contributed by atoms with Crippen LogP contribution in [0.3, 0.4) is 0 Å². The molecule has 1 radical (unpaired) electrons. The van der Waals surface area contributed by atoms with E-state index in [0.29, 0.717) is 23.5 Å². The fourth-order valence-corrected chi connectivity index (χ4v) is 3.29. The molecule has 119 valence electrons. The molecule has 0 spiro atoms. The number of Topliss-reactive ketones (excluding diaryl/α,β-unsaturated/α-hetero) is 1. The molecule has 0 heterocycles. The molecule has 0 aliphatic heterocycles. The van der Waals surface area contributed by atoms with Crippen LogP contribution in [0.2, 0.25) is 0 Å². The standard InChI is InChI=1S/C22H25O/c1-14(2)17-10-11-18(19(12-17)15(3)4)22(23)21-13-20(21)16-8-6-5-7-9-16/h5-11,14-15,20-21H,13H2,1-4H3/t20-,21+/m0/s1. The lowest BCUT2D eigenvalue weighted by molar-refractivity contribution is 0.0964. The zero-order valence-corrected chi connectivity index (χ0v) is 14.5. The topological polar surface area (TPSA) is 17.1 Å². The Morgan fingerprint density at radius 1 is 1.00 bits per heavy atom. The van der Waals surface area contributed by atoms with Gasteiger partial charge in [0.05, 0.1) is 0 Å². The highest BCUT2D eigenvalue weighted by molar-refractivity contribution is 6.01. The first-order valence-electron chi connectivity index (χ1n) is 8.64. The molecule has 3 rings (SSSR count). The van der Waals surface area contributed by atoms with Gasteiger partial charge in [-0.1, -0.05) is 70.2 Å². The maximum atomic E-state index is 13.0. The molecule has 2 atom stereocenters. The second kappa shape index (κ2) is 6.31. The van der Waals surface area contributed by atoms with Gasteiger partial charge in [-0.15, -0.1) is 0 Å². The third kappa shape index (κ3) is 3.24. The van der Waals surface area contributed by atoms with Crippen LogP contribution in [0.5, 0.6) is 0 Å². The van der Waals surface area contributed by atoms with E-state index >= 15 is 0 Å². The third-order valence-corrected chi connectivity index (χ3v) is 4.82.